The summed E-state index contributed by atoms with van der Waals surface area (Å²) in [5.41, 5.74) is 3.51. The number of ether oxygens (including phenoxy) is 3. The first kappa shape index (κ1) is 27.8. The maximum absolute atomic E-state index is 14.1. The summed E-state index contributed by atoms with van der Waals surface area (Å²) < 4.78 is 46.1. The third-order valence-electron chi connectivity index (χ3n) is 6.80. The molecule has 0 spiro atoms. The van der Waals surface area contributed by atoms with Crippen molar-refractivity contribution < 1.29 is 27.4 Å². The predicted octanol–water partition coefficient (Wildman–Crippen LogP) is 6.00. The maximum atomic E-state index is 14.1. The predicted molar refractivity (Wildman–Crippen MR) is 160 cm³/mol. The van der Waals surface area contributed by atoms with Crippen LogP contribution in [0.15, 0.2) is 102 Å². The van der Waals surface area contributed by atoms with Crippen molar-refractivity contribution in [2.75, 3.05) is 23.8 Å². The van der Waals surface area contributed by atoms with Gasteiger partial charge in [-0.3, -0.25) is 9.10 Å². The number of nitrogens with zero attached hydrogens (tertiary/aromatic N) is 1. The van der Waals surface area contributed by atoms with Crippen LogP contribution in [0, 0.1) is 0 Å². The van der Waals surface area contributed by atoms with E-state index in [1.54, 1.807) is 43.3 Å². The third-order valence-corrected chi connectivity index (χ3v) is 8.71. The van der Waals surface area contributed by atoms with Crippen LogP contribution in [-0.4, -0.2) is 28.5 Å². The molecule has 0 bridgehead atoms. The fraction of sp³-hybridized carbons (Fsp3) is 0.156. The van der Waals surface area contributed by atoms with Crippen LogP contribution in [0.4, 0.5) is 11.4 Å². The number of carbonyl (C=O) groups is 1. The zero-order valence-corrected chi connectivity index (χ0v) is 23.8. The number of carbonyl (C=O) groups excluding carboxylic acids is 1. The van der Waals surface area contributed by atoms with Crippen LogP contribution < -0.4 is 23.8 Å². The minimum Gasteiger partial charge on any atom is -0.493 e. The topological polar surface area (TPSA) is 94.2 Å². The quantitative estimate of drug-likeness (QED) is 0.265. The van der Waals surface area contributed by atoms with Crippen molar-refractivity contribution in [3.63, 3.8) is 0 Å². The van der Waals surface area contributed by atoms with Crippen LogP contribution in [0.1, 0.15) is 23.6 Å². The second-order valence-electron chi connectivity index (χ2n) is 9.43. The molecule has 1 N–H and O–H groups in total. The fourth-order valence-corrected chi connectivity index (χ4v) is 6.43. The van der Waals surface area contributed by atoms with Gasteiger partial charge in [-0.15, -0.1) is 0 Å². The monoisotopic (exact) mass is 570 g/mol. The molecule has 41 heavy (non-hydrogen) atoms. The molecule has 1 aliphatic rings. The lowest BCUT2D eigenvalue weighted by Gasteiger charge is -2.33. The first-order valence-electron chi connectivity index (χ1n) is 12.9. The Morgan fingerprint density at radius 3 is 2.00 bits per heavy atom. The van der Waals surface area contributed by atoms with Crippen molar-refractivity contribution in [3.8, 4) is 17.2 Å². The molecule has 0 saturated carbocycles. The number of amides is 1. The molecular weight excluding hydrogens is 540 g/mol. The molecule has 0 saturated heterocycles. The fourth-order valence-electron chi connectivity index (χ4n) is 4.70. The number of sulfonamides is 1. The van der Waals surface area contributed by atoms with E-state index in [0.717, 1.165) is 11.1 Å². The standard InChI is InChI=1S/C32H30N2O6S/c1-22-27-18-29(38-2)30(39-3)19-28(27)34(20-23-10-6-4-7-11-23)41(36,37)31(22)32(35)33-25-14-16-26(17-15-25)40-21-24-12-8-5-9-13-24/h4-19H,20-21H2,1-3H3,(H,33,35). The SMILES string of the molecule is COc1cc2c(cc1OC)N(Cc1ccccc1)S(=O)(=O)C(C(=O)Nc1ccc(OCc3ccccc3)cc1)=C2C. The molecule has 9 heteroatoms. The van der Waals surface area contributed by atoms with Crippen molar-refractivity contribution in [2.45, 2.75) is 20.1 Å². The number of methoxy groups -OCH3 is 2. The van der Waals surface area contributed by atoms with Gasteiger partial charge in [0, 0.05) is 17.3 Å². The van der Waals surface area contributed by atoms with Crippen LogP contribution in [0.2, 0.25) is 0 Å². The van der Waals surface area contributed by atoms with Crippen LogP contribution >= 0.6 is 0 Å². The van der Waals surface area contributed by atoms with E-state index in [4.69, 9.17) is 14.2 Å². The Bertz CT molecular complexity index is 1690. The molecule has 0 aromatic heterocycles. The van der Waals surface area contributed by atoms with Crippen LogP contribution in [0.5, 0.6) is 17.2 Å². The van der Waals surface area contributed by atoms with Crippen molar-refractivity contribution in [1.82, 2.24) is 0 Å². The summed E-state index contributed by atoms with van der Waals surface area (Å²) in [4.78, 5) is 13.3. The van der Waals surface area contributed by atoms with Crippen molar-refractivity contribution >= 4 is 32.9 Å². The second kappa shape index (κ2) is 11.8. The Kier molecular flexibility index (Phi) is 7.98. The minimum absolute atomic E-state index is 0.0309. The lowest BCUT2D eigenvalue weighted by molar-refractivity contribution is -0.112. The maximum Gasteiger partial charge on any atom is 0.270 e. The van der Waals surface area contributed by atoms with Gasteiger partial charge < -0.3 is 19.5 Å². The molecule has 1 amide bonds. The number of hydrogen-bond donors (Lipinski definition) is 1. The molecule has 0 atom stereocenters. The van der Waals surface area contributed by atoms with E-state index in [1.807, 2.05) is 60.7 Å². The Morgan fingerprint density at radius 1 is 0.805 bits per heavy atom. The largest absolute Gasteiger partial charge is 0.493 e. The highest BCUT2D eigenvalue weighted by Gasteiger charge is 2.40. The van der Waals surface area contributed by atoms with Crippen LogP contribution in [-0.2, 0) is 28.0 Å². The van der Waals surface area contributed by atoms with E-state index >= 15 is 0 Å². The van der Waals surface area contributed by atoms with Gasteiger partial charge in [-0.2, -0.15) is 0 Å². The van der Waals surface area contributed by atoms with Crippen molar-refractivity contribution in [3.05, 3.63) is 119 Å². The molecule has 4 aromatic carbocycles. The summed E-state index contributed by atoms with van der Waals surface area (Å²) in [5.74, 6) is 0.695. The molecule has 8 nitrogen and oxygen atoms in total. The molecule has 1 heterocycles. The van der Waals surface area contributed by atoms with Crippen LogP contribution in [0.25, 0.3) is 5.57 Å². The van der Waals surface area contributed by atoms with E-state index in [-0.39, 0.29) is 11.4 Å². The van der Waals surface area contributed by atoms with E-state index in [9.17, 15) is 13.2 Å². The lowest BCUT2D eigenvalue weighted by atomic mass is 10.0. The van der Waals surface area contributed by atoms with E-state index in [2.05, 4.69) is 5.32 Å². The number of anilines is 2. The first-order chi connectivity index (χ1) is 19.8. The number of rotatable bonds is 9. The van der Waals surface area contributed by atoms with Gasteiger partial charge in [-0.25, -0.2) is 8.42 Å². The summed E-state index contributed by atoms with van der Waals surface area (Å²) >= 11 is 0. The molecule has 4 aromatic rings. The number of fused-ring (bicyclic) bond motifs is 1. The highest BCUT2D eigenvalue weighted by molar-refractivity contribution is 7.97. The van der Waals surface area contributed by atoms with Gasteiger partial charge in [0.1, 0.15) is 12.4 Å². The zero-order valence-electron chi connectivity index (χ0n) is 23.0. The van der Waals surface area contributed by atoms with Crippen molar-refractivity contribution in [2.24, 2.45) is 0 Å². The molecule has 0 radical (unpaired) electrons. The number of allylic oxidation sites excluding steroid dienone is 1. The third kappa shape index (κ3) is 5.76. The molecule has 5 rings (SSSR count). The first-order valence-corrected chi connectivity index (χ1v) is 14.4. The second-order valence-corrected chi connectivity index (χ2v) is 11.2. The zero-order chi connectivity index (χ0) is 29.0. The number of nitrogens with one attached hydrogen (secondary N) is 1. The average molecular weight is 571 g/mol. The summed E-state index contributed by atoms with van der Waals surface area (Å²) in [5, 5.41) is 2.75. The van der Waals surface area contributed by atoms with Gasteiger partial charge in [0.05, 0.1) is 26.5 Å². The van der Waals surface area contributed by atoms with Gasteiger partial charge in [0.2, 0.25) is 0 Å². The molecule has 210 valence electrons. The van der Waals surface area contributed by atoms with Crippen molar-refractivity contribution in [1.29, 1.82) is 0 Å². The van der Waals surface area contributed by atoms with Gasteiger partial charge in [-0.1, -0.05) is 60.7 Å². The molecule has 0 fully saturated rings. The average Bonchev–Trinajstić information content (AvgIpc) is 2.99. The van der Waals surface area contributed by atoms with E-state index in [0.29, 0.717) is 46.4 Å². The highest BCUT2D eigenvalue weighted by Crippen LogP contribution is 2.45. The molecule has 0 aliphatic carbocycles. The van der Waals surface area contributed by atoms with Gasteiger partial charge in [0.15, 0.2) is 16.4 Å². The van der Waals surface area contributed by atoms with Gasteiger partial charge in [-0.05, 0) is 54.0 Å². The smallest absolute Gasteiger partial charge is 0.270 e. The summed E-state index contributed by atoms with van der Waals surface area (Å²) in [6, 6.07) is 29.1. The lowest BCUT2D eigenvalue weighted by Crippen LogP contribution is -2.39. The molecular formula is C32H30N2O6S. The Balaban J connectivity index is 1.46. The Labute approximate surface area is 239 Å². The Hall–Kier alpha value is -4.76. The minimum atomic E-state index is -4.26. The molecule has 0 unspecified atom stereocenters. The number of benzene rings is 4. The highest BCUT2D eigenvalue weighted by atomic mass is 32.2. The summed E-state index contributed by atoms with van der Waals surface area (Å²) in [6.45, 7) is 2.06. The van der Waals surface area contributed by atoms with E-state index < -0.39 is 15.9 Å². The summed E-state index contributed by atoms with van der Waals surface area (Å²) in [6.07, 6.45) is 0. The van der Waals surface area contributed by atoms with E-state index in [1.165, 1.54) is 18.5 Å². The number of hydrogen-bond acceptors (Lipinski definition) is 6. The summed E-state index contributed by atoms with van der Waals surface area (Å²) in [7, 11) is -1.26. The van der Waals surface area contributed by atoms with Gasteiger partial charge in [0.25, 0.3) is 15.9 Å². The van der Waals surface area contributed by atoms with Crippen LogP contribution in [0.3, 0.4) is 0 Å². The van der Waals surface area contributed by atoms with Gasteiger partial charge >= 0.3 is 0 Å². The molecule has 1 aliphatic heterocycles. The normalized spacial score (nSPS) is 13.8. The Morgan fingerprint density at radius 2 is 1.39 bits per heavy atom.